The SMILES string of the molecule is COc1ccc(COC(=O)C2=C(C)NC3=C(C(=O)CCC3)[C@@H]2c2ccc(Br)cc2)cc1. The summed E-state index contributed by atoms with van der Waals surface area (Å²) in [6.07, 6.45) is 2.13. The number of benzene rings is 2. The number of halogens is 1. The minimum absolute atomic E-state index is 0.0922. The van der Waals surface area contributed by atoms with Gasteiger partial charge in [-0.2, -0.15) is 0 Å². The number of allylic oxidation sites excluding steroid dienone is 3. The van der Waals surface area contributed by atoms with Gasteiger partial charge in [0.25, 0.3) is 0 Å². The van der Waals surface area contributed by atoms with Crippen LogP contribution in [-0.2, 0) is 20.9 Å². The Labute approximate surface area is 190 Å². The zero-order valence-corrected chi connectivity index (χ0v) is 19.1. The second-order valence-electron chi connectivity index (χ2n) is 7.74. The maximum Gasteiger partial charge on any atom is 0.337 e. The normalized spacial score (nSPS) is 18.4. The highest BCUT2D eigenvalue weighted by Crippen LogP contribution is 2.42. The standard InChI is InChI=1S/C25H24BrNO4/c1-15-22(25(29)31-14-16-6-12-19(30-2)13-7-16)23(17-8-10-18(26)11-9-17)24-20(27-15)4-3-5-21(24)28/h6-13,23,27H,3-5,14H2,1-2H3/t23-/m1/s1. The number of hydrogen-bond acceptors (Lipinski definition) is 5. The smallest absolute Gasteiger partial charge is 0.337 e. The zero-order valence-electron chi connectivity index (χ0n) is 17.5. The molecule has 0 radical (unpaired) electrons. The fourth-order valence-corrected chi connectivity index (χ4v) is 4.46. The van der Waals surface area contributed by atoms with Crippen LogP contribution in [0.15, 0.2) is 75.5 Å². The number of esters is 1. The Bertz CT molecular complexity index is 1070. The summed E-state index contributed by atoms with van der Waals surface area (Å²) >= 11 is 3.46. The van der Waals surface area contributed by atoms with Gasteiger partial charge in [-0.25, -0.2) is 4.79 Å². The lowest BCUT2D eigenvalue weighted by Crippen LogP contribution is -2.34. The third-order valence-corrected chi connectivity index (χ3v) is 6.26. The number of ketones is 1. The predicted molar refractivity (Wildman–Crippen MR) is 121 cm³/mol. The van der Waals surface area contributed by atoms with Gasteiger partial charge in [-0.3, -0.25) is 4.79 Å². The Morgan fingerprint density at radius 2 is 1.81 bits per heavy atom. The highest BCUT2D eigenvalue weighted by Gasteiger charge is 2.39. The number of Topliss-reactive ketones (excluding diaryl/α,β-unsaturated/α-hetero) is 1. The lowest BCUT2D eigenvalue weighted by atomic mass is 9.75. The van der Waals surface area contributed by atoms with Crippen molar-refractivity contribution < 1.29 is 19.1 Å². The van der Waals surface area contributed by atoms with E-state index in [2.05, 4.69) is 21.2 Å². The Morgan fingerprint density at radius 3 is 2.48 bits per heavy atom. The van der Waals surface area contributed by atoms with Gasteiger partial charge in [0.05, 0.1) is 12.7 Å². The minimum atomic E-state index is -0.430. The van der Waals surface area contributed by atoms with Crippen LogP contribution in [0.25, 0.3) is 0 Å². The van der Waals surface area contributed by atoms with Gasteiger partial charge in [0.1, 0.15) is 12.4 Å². The molecule has 0 saturated heterocycles. The molecule has 0 spiro atoms. The number of methoxy groups -OCH3 is 1. The van der Waals surface area contributed by atoms with Gasteiger partial charge in [-0.1, -0.05) is 40.2 Å². The molecule has 1 N–H and O–H groups in total. The van der Waals surface area contributed by atoms with E-state index >= 15 is 0 Å². The van der Waals surface area contributed by atoms with Gasteiger partial charge in [-0.05, 0) is 55.2 Å². The molecule has 0 aromatic heterocycles. The first kappa shape index (κ1) is 21.4. The van der Waals surface area contributed by atoms with Gasteiger partial charge in [0, 0.05) is 33.8 Å². The molecule has 0 amide bonds. The van der Waals surface area contributed by atoms with Crippen LogP contribution < -0.4 is 10.1 Å². The van der Waals surface area contributed by atoms with Gasteiger partial charge < -0.3 is 14.8 Å². The van der Waals surface area contributed by atoms with E-state index in [0.717, 1.165) is 45.6 Å². The van der Waals surface area contributed by atoms with E-state index in [0.29, 0.717) is 17.6 Å². The number of dihydropyridines is 1. The summed E-state index contributed by atoms with van der Waals surface area (Å²) in [6.45, 7) is 2.02. The van der Waals surface area contributed by atoms with Crippen LogP contribution in [0.1, 0.15) is 43.2 Å². The molecule has 0 saturated carbocycles. The average Bonchev–Trinajstić information content (AvgIpc) is 2.77. The summed E-state index contributed by atoms with van der Waals surface area (Å²) in [5.41, 5.74) is 4.61. The minimum Gasteiger partial charge on any atom is -0.497 e. The number of rotatable bonds is 5. The van der Waals surface area contributed by atoms with Gasteiger partial charge in [0.15, 0.2) is 5.78 Å². The van der Waals surface area contributed by atoms with E-state index in [1.165, 1.54) is 0 Å². The highest BCUT2D eigenvalue weighted by molar-refractivity contribution is 9.10. The first-order valence-electron chi connectivity index (χ1n) is 10.3. The third kappa shape index (κ3) is 4.44. The van der Waals surface area contributed by atoms with Crippen molar-refractivity contribution in [2.24, 2.45) is 0 Å². The second-order valence-corrected chi connectivity index (χ2v) is 8.66. The van der Waals surface area contributed by atoms with Crippen LogP contribution in [0.5, 0.6) is 5.75 Å². The van der Waals surface area contributed by atoms with E-state index in [1.54, 1.807) is 7.11 Å². The Hall–Kier alpha value is -2.86. The van der Waals surface area contributed by atoms with Crippen LogP contribution in [0.2, 0.25) is 0 Å². The summed E-state index contributed by atoms with van der Waals surface area (Å²) < 4.78 is 11.8. The van der Waals surface area contributed by atoms with Gasteiger partial charge in [-0.15, -0.1) is 0 Å². The molecule has 31 heavy (non-hydrogen) atoms. The Balaban J connectivity index is 1.65. The Kier molecular flexibility index (Phi) is 6.28. The topological polar surface area (TPSA) is 64.6 Å². The quantitative estimate of drug-likeness (QED) is 0.596. The summed E-state index contributed by atoms with van der Waals surface area (Å²) in [5, 5.41) is 3.32. The molecule has 5 nitrogen and oxygen atoms in total. The van der Waals surface area contributed by atoms with Crippen molar-refractivity contribution in [3.05, 3.63) is 86.7 Å². The molecule has 0 fully saturated rings. The zero-order chi connectivity index (χ0) is 22.0. The molecular formula is C25H24BrNO4. The maximum atomic E-state index is 13.2. The van der Waals surface area contributed by atoms with Crippen molar-refractivity contribution in [3.63, 3.8) is 0 Å². The molecule has 1 atom stereocenters. The number of ether oxygens (including phenoxy) is 2. The van der Waals surface area contributed by atoms with Crippen molar-refractivity contribution in [1.29, 1.82) is 0 Å². The van der Waals surface area contributed by atoms with E-state index in [1.807, 2.05) is 55.5 Å². The monoisotopic (exact) mass is 481 g/mol. The summed E-state index contributed by atoms with van der Waals surface area (Å²) in [6, 6.07) is 15.2. The lowest BCUT2D eigenvalue weighted by Gasteiger charge is -2.34. The number of nitrogens with one attached hydrogen (secondary N) is 1. The molecule has 2 aromatic carbocycles. The van der Waals surface area contributed by atoms with E-state index < -0.39 is 11.9 Å². The molecule has 0 bridgehead atoms. The maximum absolute atomic E-state index is 13.2. The predicted octanol–water partition coefficient (Wildman–Crippen LogP) is 5.17. The van der Waals surface area contributed by atoms with Crippen molar-refractivity contribution in [1.82, 2.24) is 5.32 Å². The first-order valence-corrected chi connectivity index (χ1v) is 11.1. The fraction of sp³-hybridized carbons (Fsp3) is 0.280. The molecule has 1 aliphatic heterocycles. The average molecular weight is 482 g/mol. The molecular weight excluding hydrogens is 458 g/mol. The molecule has 6 heteroatoms. The molecule has 160 valence electrons. The van der Waals surface area contributed by atoms with E-state index in [-0.39, 0.29) is 12.4 Å². The van der Waals surface area contributed by atoms with Crippen molar-refractivity contribution in [3.8, 4) is 5.75 Å². The molecule has 0 unspecified atom stereocenters. The van der Waals surface area contributed by atoms with Crippen LogP contribution in [-0.4, -0.2) is 18.9 Å². The summed E-state index contributed by atoms with van der Waals surface area (Å²) in [5.74, 6) is -0.00973. The number of hydrogen-bond donors (Lipinski definition) is 1. The summed E-state index contributed by atoms with van der Waals surface area (Å²) in [4.78, 5) is 26.1. The van der Waals surface area contributed by atoms with Crippen LogP contribution in [0.3, 0.4) is 0 Å². The van der Waals surface area contributed by atoms with Crippen molar-refractivity contribution in [2.75, 3.05) is 7.11 Å². The van der Waals surface area contributed by atoms with E-state index in [4.69, 9.17) is 9.47 Å². The van der Waals surface area contributed by atoms with Gasteiger partial charge >= 0.3 is 5.97 Å². The molecule has 2 aromatic rings. The molecule has 1 aliphatic carbocycles. The lowest BCUT2D eigenvalue weighted by molar-refractivity contribution is -0.140. The van der Waals surface area contributed by atoms with Crippen LogP contribution in [0, 0.1) is 0 Å². The third-order valence-electron chi connectivity index (χ3n) is 5.73. The number of carbonyl (C=O) groups is 2. The van der Waals surface area contributed by atoms with Crippen molar-refractivity contribution >= 4 is 27.7 Å². The summed E-state index contributed by atoms with van der Waals surface area (Å²) in [7, 11) is 1.61. The van der Waals surface area contributed by atoms with Crippen molar-refractivity contribution in [2.45, 2.75) is 38.7 Å². The first-order chi connectivity index (χ1) is 15.0. The fourth-order valence-electron chi connectivity index (χ4n) is 4.19. The molecule has 2 aliphatic rings. The molecule has 4 rings (SSSR count). The van der Waals surface area contributed by atoms with Crippen LogP contribution >= 0.6 is 15.9 Å². The Morgan fingerprint density at radius 1 is 1.10 bits per heavy atom. The largest absolute Gasteiger partial charge is 0.497 e. The number of carbonyl (C=O) groups excluding carboxylic acids is 2. The second kappa shape index (κ2) is 9.10. The van der Waals surface area contributed by atoms with E-state index in [9.17, 15) is 9.59 Å². The van der Waals surface area contributed by atoms with Gasteiger partial charge in [0.2, 0.25) is 0 Å². The molecule has 1 heterocycles. The van der Waals surface area contributed by atoms with Crippen LogP contribution in [0.4, 0.5) is 0 Å². The highest BCUT2D eigenvalue weighted by atomic mass is 79.9.